The van der Waals surface area contributed by atoms with Crippen molar-refractivity contribution in [2.24, 2.45) is 0 Å². The number of benzene rings is 1. The van der Waals surface area contributed by atoms with E-state index in [9.17, 15) is 0 Å². The van der Waals surface area contributed by atoms with Crippen LogP contribution in [0.5, 0.6) is 0 Å². The highest BCUT2D eigenvalue weighted by Crippen LogP contribution is 2.34. The van der Waals surface area contributed by atoms with Gasteiger partial charge in [0.15, 0.2) is 0 Å². The number of nitrogens with zero attached hydrogens (tertiary/aromatic N) is 4. The van der Waals surface area contributed by atoms with Crippen LogP contribution >= 0.6 is 0 Å². The van der Waals surface area contributed by atoms with Crippen molar-refractivity contribution in [1.29, 1.82) is 0 Å². The fourth-order valence-corrected chi connectivity index (χ4v) is 3.50. The maximum atomic E-state index is 4.66. The summed E-state index contributed by atoms with van der Waals surface area (Å²) in [7, 11) is 1.90. The molecule has 0 spiro atoms. The van der Waals surface area contributed by atoms with Crippen molar-refractivity contribution in [2.45, 2.75) is 38.0 Å². The number of anilines is 1. The molecular formula is C18H21N5. The number of fused-ring (bicyclic) bond motifs is 1. The molecular weight excluding hydrogens is 286 g/mol. The van der Waals surface area contributed by atoms with Gasteiger partial charge in [0.25, 0.3) is 5.95 Å². The van der Waals surface area contributed by atoms with E-state index >= 15 is 0 Å². The summed E-state index contributed by atoms with van der Waals surface area (Å²) in [5.41, 5.74) is 2.37. The Bertz CT molecular complexity index is 804. The summed E-state index contributed by atoms with van der Waals surface area (Å²) in [5, 5.41) is 8.52. The predicted octanol–water partition coefficient (Wildman–Crippen LogP) is 3.90. The molecule has 1 aliphatic carbocycles. The maximum absolute atomic E-state index is 4.66. The zero-order valence-corrected chi connectivity index (χ0v) is 13.4. The number of rotatable bonds is 3. The van der Waals surface area contributed by atoms with Crippen LogP contribution in [0.4, 0.5) is 5.82 Å². The first kappa shape index (κ1) is 14.2. The van der Waals surface area contributed by atoms with E-state index in [-0.39, 0.29) is 0 Å². The predicted molar refractivity (Wildman–Crippen MR) is 92.0 cm³/mol. The van der Waals surface area contributed by atoms with E-state index in [0.717, 1.165) is 16.7 Å². The van der Waals surface area contributed by atoms with Gasteiger partial charge >= 0.3 is 0 Å². The van der Waals surface area contributed by atoms with Crippen LogP contribution in [0.25, 0.3) is 16.9 Å². The van der Waals surface area contributed by atoms with E-state index in [0.29, 0.717) is 11.9 Å². The molecule has 1 aliphatic rings. The summed E-state index contributed by atoms with van der Waals surface area (Å²) in [6.45, 7) is 0. The first-order valence-corrected chi connectivity index (χ1v) is 8.34. The second kappa shape index (κ2) is 5.99. The fourth-order valence-electron chi connectivity index (χ4n) is 3.50. The molecule has 2 heterocycles. The van der Waals surface area contributed by atoms with Gasteiger partial charge in [-0.2, -0.15) is 10.1 Å². The molecule has 1 saturated carbocycles. The summed E-state index contributed by atoms with van der Waals surface area (Å²) in [4.78, 5) is 9.29. The van der Waals surface area contributed by atoms with Crippen molar-refractivity contribution in [3.63, 3.8) is 0 Å². The molecule has 1 fully saturated rings. The molecule has 2 aromatic heterocycles. The quantitative estimate of drug-likeness (QED) is 0.797. The minimum absolute atomic E-state index is 0.595. The average molecular weight is 307 g/mol. The lowest BCUT2D eigenvalue weighted by atomic mass is 9.84. The summed E-state index contributed by atoms with van der Waals surface area (Å²) in [6, 6.07) is 8.50. The van der Waals surface area contributed by atoms with E-state index in [2.05, 4.69) is 38.6 Å². The number of hydrogen-bond donors (Lipinski definition) is 1. The molecule has 118 valence electrons. The molecule has 1 aromatic carbocycles. The monoisotopic (exact) mass is 307 g/mol. The average Bonchev–Trinajstić information content (AvgIpc) is 3.16. The van der Waals surface area contributed by atoms with E-state index in [4.69, 9.17) is 0 Å². The van der Waals surface area contributed by atoms with Gasteiger partial charge < -0.3 is 5.32 Å². The van der Waals surface area contributed by atoms with E-state index in [1.54, 1.807) is 10.9 Å². The van der Waals surface area contributed by atoms with Crippen molar-refractivity contribution in [3.05, 3.63) is 42.2 Å². The van der Waals surface area contributed by atoms with Gasteiger partial charge in [-0.1, -0.05) is 25.3 Å². The van der Waals surface area contributed by atoms with Crippen LogP contribution < -0.4 is 5.32 Å². The molecule has 0 radical (unpaired) electrons. The zero-order valence-electron chi connectivity index (χ0n) is 13.4. The third-order valence-electron chi connectivity index (χ3n) is 4.73. The van der Waals surface area contributed by atoms with Crippen LogP contribution in [-0.4, -0.2) is 26.8 Å². The molecule has 4 rings (SSSR count). The van der Waals surface area contributed by atoms with Crippen molar-refractivity contribution in [3.8, 4) is 5.95 Å². The zero-order chi connectivity index (χ0) is 15.6. The van der Waals surface area contributed by atoms with Crippen LogP contribution in [0, 0.1) is 0 Å². The molecule has 1 N–H and O–H groups in total. The molecule has 0 unspecified atom stereocenters. The summed E-state index contributed by atoms with van der Waals surface area (Å²) in [5.74, 6) is 2.14. The van der Waals surface area contributed by atoms with Gasteiger partial charge in [-0.05, 0) is 42.5 Å². The second-order valence-electron chi connectivity index (χ2n) is 6.18. The summed E-state index contributed by atoms with van der Waals surface area (Å²) >= 11 is 0. The lowest BCUT2D eigenvalue weighted by Crippen LogP contribution is -2.07. The van der Waals surface area contributed by atoms with Gasteiger partial charge in [-0.15, -0.1) is 0 Å². The van der Waals surface area contributed by atoms with Crippen LogP contribution in [0.15, 0.2) is 36.7 Å². The van der Waals surface area contributed by atoms with Crippen molar-refractivity contribution >= 4 is 16.7 Å². The largest absolute Gasteiger partial charge is 0.372 e. The molecule has 0 aliphatic heterocycles. The number of hydrogen-bond acceptors (Lipinski definition) is 4. The molecule has 0 saturated heterocycles. The second-order valence-corrected chi connectivity index (χ2v) is 6.18. The molecule has 5 heteroatoms. The van der Waals surface area contributed by atoms with Crippen molar-refractivity contribution in [1.82, 2.24) is 19.7 Å². The Labute approximate surface area is 135 Å². The standard InChI is InChI=1S/C18H21N5/c1-19-17-15-12-14(13-6-3-2-4-7-13)8-9-16(15)21-18(22-17)23-11-5-10-20-23/h5,8-13H,2-4,6-7H2,1H3,(H,19,21,22). The lowest BCUT2D eigenvalue weighted by Gasteiger charge is -2.22. The van der Waals surface area contributed by atoms with E-state index in [1.165, 1.54) is 37.7 Å². The Balaban J connectivity index is 1.80. The molecule has 3 aromatic rings. The topological polar surface area (TPSA) is 55.6 Å². The summed E-state index contributed by atoms with van der Waals surface area (Å²) in [6.07, 6.45) is 10.3. The highest BCUT2D eigenvalue weighted by Gasteiger charge is 2.17. The van der Waals surface area contributed by atoms with E-state index in [1.807, 2.05) is 19.3 Å². The van der Waals surface area contributed by atoms with Crippen LogP contribution in [0.3, 0.4) is 0 Å². The first-order chi connectivity index (χ1) is 11.3. The normalized spacial score (nSPS) is 15.9. The van der Waals surface area contributed by atoms with Gasteiger partial charge in [-0.25, -0.2) is 9.67 Å². The van der Waals surface area contributed by atoms with Gasteiger partial charge in [-0.3, -0.25) is 0 Å². The van der Waals surface area contributed by atoms with Gasteiger partial charge in [0.1, 0.15) is 5.82 Å². The molecule has 0 amide bonds. The van der Waals surface area contributed by atoms with Crippen LogP contribution in [0.1, 0.15) is 43.6 Å². The van der Waals surface area contributed by atoms with Crippen LogP contribution in [-0.2, 0) is 0 Å². The number of nitrogens with one attached hydrogen (secondary N) is 1. The van der Waals surface area contributed by atoms with Crippen LogP contribution in [0.2, 0.25) is 0 Å². The van der Waals surface area contributed by atoms with E-state index < -0.39 is 0 Å². The van der Waals surface area contributed by atoms with Crippen molar-refractivity contribution < 1.29 is 0 Å². The first-order valence-electron chi connectivity index (χ1n) is 8.34. The SMILES string of the molecule is CNc1nc(-n2cccn2)nc2ccc(C3CCCCC3)cc12. The third-order valence-corrected chi connectivity index (χ3v) is 4.73. The Morgan fingerprint density at radius 1 is 1.13 bits per heavy atom. The maximum Gasteiger partial charge on any atom is 0.253 e. The Hall–Kier alpha value is -2.43. The van der Waals surface area contributed by atoms with Gasteiger partial charge in [0, 0.05) is 24.8 Å². The molecule has 5 nitrogen and oxygen atoms in total. The molecule has 0 bridgehead atoms. The number of aromatic nitrogens is 4. The summed E-state index contributed by atoms with van der Waals surface area (Å²) < 4.78 is 1.69. The third kappa shape index (κ3) is 2.67. The Morgan fingerprint density at radius 2 is 2.00 bits per heavy atom. The highest BCUT2D eigenvalue weighted by molar-refractivity contribution is 5.90. The minimum atomic E-state index is 0.595. The Morgan fingerprint density at radius 3 is 2.74 bits per heavy atom. The van der Waals surface area contributed by atoms with Gasteiger partial charge in [0.2, 0.25) is 0 Å². The molecule has 23 heavy (non-hydrogen) atoms. The Kier molecular flexibility index (Phi) is 3.69. The highest BCUT2D eigenvalue weighted by atomic mass is 15.3. The van der Waals surface area contributed by atoms with Gasteiger partial charge in [0.05, 0.1) is 5.52 Å². The minimum Gasteiger partial charge on any atom is -0.372 e. The smallest absolute Gasteiger partial charge is 0.253 e. The molecule has 0 atom stereocenters. The van der Waals surface area contributed by atoms with Crippen molar-refractivity contribution in [2.75, 3.05) is 12.4 Å². The fraction of sp³-hybridized carbons (Fsp3) is 0.389. The lowest BCUT2D eigenvalue weighted by molar-refractivity contribution is 0.444.